The highest BCUT2D eigenvalue weighted by molar-refractivity contribution is 7.99. The van der Waals surface area contributed by atoms with Crippen LogP contribution in [-0.2, 0) is 14.8 Å². The molecule has 2 N–H and O–H groups in total. The molecule has 0 aliphatic carbocycles. The molecule has 36 heavy (non-hydrogen) atoms. The van der Waals surface area contributed by atoms with E-state index in [0.29, 0.717) is 48.4 Å². The molecule has 1 fully saturated rings. The molecule has 0 bridgehead atoms. The van der Waals surface area contributed by atoms with E-state index < -0.39 is 15.9 Å². The van der Waals surface area contributed by atoms with Crippen LogP contribution in [0.15, 0.2) is 58.6 Å². The third-order valence-electron chi connectivity index (χ3n) is 5.89. The SMILES string of the molecule is COc1ccc(OC)c(S(=O)(=O)N2CCC[C@H](C(=O)NCCSc3n[nH]c(-c4ccccc4)n3)C2)c1. The van der Waals surface area contributed by atoms with E-state index in [2.05, 4.69) is 20.5 Å². The van der Waals surface area contributed by atoms with Crippen molar-refractivity contribution in [1.29, 1.82) is 0 Å². The van der Waals surface area contributed by atoms with Gasteiger partial charge in [-0.05, 0) is 25.0 Å². The van der Waals surface area contributed by atoms with Crippen LogP contribution in [0.4, 0.5) is 0 Å². The molecule has 0 saturated carbocycles. The van der Waals surface area contributed by atoms with Crippen LogP contribution in [-0.4, -0.2) is 73.4 Å². The van der Waals surface area contributed by atoms with Crippen molar-refractivity contribution in [1.82, 2.24) is 24.8 Å². The summed E-state index contributed by atoms with van der Waals surface area (Å²) in [4.78, 5) is 17.3. The molecule has 0 spiro atoms. The number of hydrogen-bond donors (Lipinski definition) is 2. The van der Waals surface area contributed by atoms with Crippen LogP contribution in [0.2, 0.25) is 0 Å². The standard InChI is InChI=1S/C24H29N5O5S2/c1-33-19-10-11-20(34-2)21(15-19)36(31,32)29-13-6-9-18(16-29)23(30)25-12-14-35-24-26-22(27-28-24)17-7-4-3-5-8-17/h3-5,7-8,10-11,15,18H,6,9,12-14,16H2,1-2H3,(H,25,30)(H,26,27,28)/t18-/m0/s1. The number of H-pyrrole nitrogens is 1. The first-order valence-electron chi connectivity index (χ1n) is 11.5. The van der Waals surface area contributed by atoms with E-state index in [9.17, 15) is 13.2 Å². The molecule has 1 atom stereocenters. The molecule has 2 heterocycles. The summed E-state index contributed by atoms with van der Waals surface area (Å²) >= 11 is 1.43. The van der Waals surface area contributed by atoms with Gasteiger partial charge in [-0.1, -0.05) is 42.1 Å². The second-order valence-corrected chi connectivity index (χ2v) is 11.2. The smallest absolute Gasteiger partial charge is 0.246 e. The summed E-state index contributed by atoms with van der Waals surface area (Å²) in [5.74, 6) is 1.35. The minimum atomic E-state index is -3.86. The van der Waals surface area contributed by atoms with Crippen LogP contribution in [0, 0.1) is 5.92 Å². The number of amides is 1. The highest BCUT2D eigenvalue weighted by atomic mass is 32.2. The zero-order valence-corrected chi connectivity index (χ0v) is 21.8. The Morgan fingerprint density at radius 1 is 1.19 bits per heavy atom. The normalized spacial score (nSPS) is 16.4. The number of benzene rings is 2. The summed E-state index contributed by atoms with van der Waals surface area (Å²) < 4.78 is 38.5. The second-order valence-electron chi connectivity index (χ2n) is 8.19. The van der Waals surface area contributed by atoms with Gasteiger partial charge in [0.15, 0.2) is 5.82 Å². The van der Waals surface area contributed by atoms with Gasteiger partial charge in [-0.15, -0.1) is 5.10 Å². The molecular formula is C24H29N5O5S2. The van der Waals surface area contributed by atoms with Gasteiger partial charge in [0.05, 0.1) is 20.1 Å². The van der Waals surface area contributed by atoms with Crippen molar-refractivity contribution in [2.45, 2.75) is 22.9 Å². The minimum absolute atomic E-state index is 0.0307. The number of hydrogen-bond acceptors (Lipinski definition) is 8. The van der Waals surface area contributed by atoms with Crippen LogP contribution < -0.4 is 14.8 Å². The predicted molar refractivity (Wildman–Crippen MR) is 137 cm³/mol. The molecule has 0 radical (unpaired) electrons. The maximum Gasteiger partial charge on any atom is 0.246 e. The van der Waals surface area contributed by atoms with Crippen LogP contribution in [0.5, 0.6) is 11.5 Å². The summed E-state index contributed by atoms with van der Waals surface area (Å²) in [5, 5.41) is 10.7. The Morgan fingerprint density at radius 2 is 2.00 bits per heavy atom. The minimum Gasteiger partial charge on any atom is -0.497 e. The zero-order chi connectivity index (χ0) is 25.5. The van der Waals surface area contributed by atoms with Gasteiger partial charge in [0.25, 0.3) is 0 Å². The third kappa shape index (κ3) is 6.00. The number of nitrogens with one attached hydrogen (secondary N) is 2. The first-order chi connectivity index (χ1) is 17.4. The Hall–Kier alpha value is -3.09. The fraction of sp³-hybridized carbons (Fsp3) is 0.375. The van der Waals surface area contributed by atoms with E-state index >= 15 is 0 Å². The lowest BCUT2D eigenvalue weighted by atomic mass is 9.99. The lowest BCUT2D eigenvalue weighted by Gasteiger charge is -2.31. The van der Waals surface area contributed by atoms with Gasteiger partial charge in [-0.25, -0.2) is 13.4 Å². The second kappa shape index (κ2) is 11.8. The van der Waals surface area contributed by atoms with E-state index in [1.54, 1.807) is 12.1 Å². The van der Waals surface area contributed by atoms with E-state index in [4.69, 9.17) is 9.47 Å². The number of carbonyl (C=O) groups is 1. The average Bonchev–Trinajstić information content (AvgIpc) is 3.40. The topological polar surface area (TPSA) is 127 Å². The maximum atomic E-state index is 13.4. The third-order valence-corrected chi connectivity index (χ3v) is 8.62. The highest BCUT2D eigenvalue weighted by Gasteiger charge is 2.35. The van der Waals surface area contributed by atoms with Crippen LogP contribution >= 0.6 is 11.8 Å². The van der Waals surface area contributed by atoms with Crippen molar-refractivity contribution in [3.05, 3.63) is 48.5 Å². The number of thioether (sulfide) groups is 1. The maximum absolute atomic E-state index is 13.4. The molecule has 0 unspecified atom stereocenters. The molecule has 10 nitrogen and oxygen atoms in total. The summed E-state index contributed by atoms with van der Waals surface area (Å²) in [6.07, 6.45) is 1.22. The van der Waals surface area contributed by atoms with Crippen molar-refractivity contribution in [2.75, 3.05) is 39.6 Å². The fourth-order valence-corrected chi connectivity index (χ4v) is 6.34. The van der Waals surface area contributed by atoms with Crippen LogP contribution in [0.3, 0.4) is 0 Å². The molecule has 1 aromatic heterocycles. The van der Waals surface area contributed by atoms with E-state index in [0.717, 1.165) is 5.56 Å². The first kappa shape index (κ1) is 26.0. The van der Waals surface area contributed by atoms with Crippen LogP contribution in [0.25, 0.3) is 11.4 Å². The molecule has 4 rings (SSSR count). The van der Waals surface area contributed by atoms with E-state index in [1.807, 2.05) is 30.3 Å². The van der Waals surface area contributed by atoms with Gasteiger partial charge in [-0.3, -0.25) is 9.89 Å². The summed E-state index contributed by atoms with van der Waals surface area (Å²) in [6, 6.07) is 14.4. The van der Waals surface area contributed by atoms with Crippen molar-refractivity contribution >= 4 is 27.7 Å². The fourth-order valence-electron chi connectivity index (χ4n) is 4.00. The first-order valence-corrected chi connectivity index (χ1v) is 14.0. The van der Waals surface area contributed by atoms with Gasteiger partial charge in [0, 0.05) is 37.0 Å². The monoisotopic (exact) mass is 531 g/mol. The van der Waals surface area contributed by atoms with Crippen molar-refractivity contribution in [2.24, 2.45) is 5.92 Å². The van der Waals surface area contributed by atoms with Gasteiger partial charge in [0.1, 0.15) is 16.4 Å². The van der Waals surface area contributed by atoms with Gasteiger partial charge >= 0.3 is 0 Å². The number of ether oxygens (including phenoxy) is 2. The Balaban J connectivity index is 1.31. The number of methoxy groups -OCH3 is 2. The van der Waals surface area contributed by atoms with E-state index in [-0.39, 0.29) is 23.1 Å². The molecule has 2 aromatic carbocycles. The molecule has 192 valence electrons. The van der Waals surface area contributed by atoms with Gasteiger partial charge in [0.2, 0.25) is 21.1 Å². The largest absolute Gasteiger partial charge is 0.497 e. The Labute approximate surface area is 214 Å². The number of sulfonamides is 1. The average molecular weight is 532 g/mol. The summed E-state index contributed by atoms with van der Waals surface area (Å²) in [7, 11) is -0.964. The van der Waals surface area contributed by atoms with E-state index in [1.165, 1.54) is 36.4 Å². The summed E-state index contributed by atoms with van der Waals surface area (Å²) in [6.45, 7) is 0.881. The Kier molecular flexibility index (Phi) is 8.49. The van der Waals surface area contributed by atoms with Crippen molar-refractivity contribution in [3.63, 3.8) is 0 Å². The molecule has 1 aliphatic rings. The Morgan fingerprint density at radius 3 is 2.75 bits per heavy atom. The van der Waals surface area contributed by atoms with Crippen molar-refractivity contribution in [3.8, 4) is 22.9 Å². The number of carbonyl (C=O) groups excluding carboxylic acids is 1. The van der Waals surface area contributed by atoms with Gasteiger partial charge < -0.3 is 14.8 Å². The number of nitrogens with zero attached hydrogens (tertiary/aromatic N) is 3. The van der Waals surface area contributed by atoms with Crippen molar-refractivity contribution < 1.29 is 22.7 Å². The molecule has 1 aliphatic heterocycles. The lowest BCUT2D eigenvalue weighted by molar-refractivity contribution is -0.125. The summed E-state index contributed by atoms with van der Waals surface area (Å²) in [5.41, 5.74) is 0.952. The lowest BCUT2D eigenvalue weighted by Crippen LogP contribution is -2.45. The molecule has 1 saturated heterocycles. The Bertz CT molecular complexity index is 1280. The quantitative estimate of drug-likeness (QED) is 0.302. The predicted octanol–water partition coefficient (Wildman–Crippen LogP) is 2.80. The zero-order valence-electron chi connectivity index (χ0n) is 20.1. The number of piperidine rings is 1. The molecule has 3 aromatic rings. The number of aromatic amines is 1. The molecular weight excluding hydrogens is 502 g/mol. The number of rotatable bonds is 10. The number of aromatic nitrogens is 3. The highest BCUT2D eigenvalue weighted by Crippen LogP contribution is 2.32. The molecule has 12 heteroatoms. The molecule has 1 amide bonds. The van der Waals surface area contributed by atoms with Gasteiger partial charge in [-0.2, -0.15) is 4.31 Å². The van der Waals surface area contributed by atoms with Crippen LogP contribution in [0.1, 0.15) is 12.8 Å².